The van der Waals surface area contributed by atoms with E-state index in [0.717, 1.165) is 41.9 Å². The Kier molecular flexibility index (Phi) is 3.88. The Labute approximate surface area is 137 Å². The summed E-state index contributed by atoms with van der Waals surface area (Å²) in [5.41, 5.74) is 0.995. The van der Waals surface area contributed by atoms with Crippen LogP contribution in [0.3, 0.4) is 0 Å². The Morgan fingerprint density at radius 2 is 2.22 bits per heavy atom. The highest BCUT2D eigenvalue weighted by molar-refractivity contribution is 7.17. The van der Waals surface area contributed by atoms with Crippen LogP contribution < -0.4 is 4.74 Å². The van der Waals surface area contributed by atoms with E-state index in [1.807, 2.05) is 17.5 Å². The van der Waals surface area contributed by atoms with Crippen molar-refractivity contribution in [3.63, 3.8) is 0 Å². The molecule has 6 nitrogen and oxygen atoms in total. The average molecular weight is 331 g/mol. The molecule has 3 aromatic heterocycles. The van der Waals surface area contributed by atoms with Crippen molar-refractivity contribution >= 4 is 21.6 Å². The highest BCUT2D eigenvalue weighted by Gasteiger charge is 2.22. The number of ether oxygens (including phenoxy) is 1. The van der Waals surface area contributed by atoms with E-state index in [-0.39, 0.29) is 12.0 Å². The van der Waals surface area contributed by atoms with Crippen molar-refractivity contribution in [1.82, 2.24) is 15.0 Å². The quantitative estimate of drug-likeness (QED) is 0.792. The van der Waals surface area contributed by atoms with Gasteiger partial charge in [0, 0.05) is 25.4 Å². The molecule has 23 heavy (non-hydrogen) atoms. The first-order valence-corrected chi connectivity index (χ1v) is 8.52. The molecule has 1 aliphatic rings. The fraction of sp³-hybridized carbons (Fsp3) is 0.375. The number of aromatic hydroxyl groups is 1. The zero-order valence-corrected chi connectivity index (χ0v) is 13.3. The van der Waals surface area contributed by atoms with Gasteiger partial charge in [0.2, 0.25) is 0 Å². The summed E-state index contributed by atoms with van der Waals surface area (Å²) in [4.78, 5) is 6.63. The van der Waals surface area contributed by atoms with Crippen molar-refractivity contribution in [2.45, 2.75) is 25.5 Å². The summed E-state index contributed by atoms with van der Waals surface area (Å²) in [5, 5.41) is 14.8. The van der Waals surface area contributed by atoms with Crippen molar-refractivity contribution in [3.05, 3.63) is 35.5 Å². The molecule has 0 spiro atoms. The van der Waals surface area contributed by atoms with E-state index >= 15 is 0 Å². The smallest absolute Gasteiger partial charge is 0.251 e. The maximum atomic E-state index is 9.21. The van der Waals surface area contributed by atoms with Crippen LogP contribution in [-0.2, 0) is 6.54 Å². The maximum absolute atomic E-state index is 9.21. The number of thiophene rings is 1. The van der Waals surface area contributed by atoms with Crippen LogP contribution >= 0.6 is 11.3 Å². The van der Waals surface area contributed by atoms with E-state index in [0.29, 0.717) is 12.3 Å². The van der Waals surface area contributed by atoms with Crippen LogP contribution in [0.25, 0.3) is 10.2 Å². The van der Waals surface area contributed by atoms with Gasteiger partial charge in [0.25, 0.3) is 5.88 Å². The monoisotopic (exact) mass is 331 g/mol. The van der Waals surface area contributed by atoms with Gasteiger partial charge < -0.3 is 14.4 Å². The lowest BCUT2D eigenvalue weighted by Crippen LogP contribution is -2.37. The Balaban J connectivity index is 1.35. The molecule has 1 aliphatic heterocycles. The highest BCUT2D eigenvalue weighted by Crippen LogP contribution is 2.31. The molecule has 4 heterocycles. The van der Waals surface area contributed by atoms with Gasteiger partial charge in [0.1, 0.15) is 11.9 Å². The minimum absolute atomic E-state index is 0.0594. The fourth-order valence-electron chi connectivity index (χ4n) is 2.90. The van der Waals surface area contributed by atoms with Crippen molar-refractivity contribution in [1.29, 1.82) is 0 Å². The van der Waals surface area contributed by atoms with Crippen LogP contribution in [0, 0.1) is 0 Å². The maximum Gasteiger partial charge on any atom is 0.251 e. The predicted molar refractivity (Wildman–Crippen MR) is 86.7 cm³/mol. The summed E-state index contributed by atoms with van der Waals surface area (Å²) in [6.07, 6.45) is 3.96. The van der Waals surface area contributed by atoms with Gasteiger partial charge >= 0.3 is 0 Å². The third kappa shape index (κ3) is 3.16. The molecule has 120 valence electrons. The third-order valence-electron chi connectivity index (χ3n) is 4.06. The lowest BCUT2D eigenvalue weighted by Gasteiger charge is -2.31. The Morgan fingerprint density at radius 3 is 3.00 bits per heavy atom. The highest BCUT2D eigenvalue weighted by atomic mass is 32.1. The molecule has 0 aromatic carbocycles. The first-order valence-electron chi connectivity index (χ1n) is 7.64. The molecule has 4 rings (SSSR count). The first kappa shape index (κ1) is 14.5. The van der Waals surface area contributed by atoms with Crippen molar-refractivity contribution < 1.29 is 14.4 Å². The molecule has 1 fully saturated rings. The number of pyridine rings is 1. The standard InChI is InChI=1S/C16H17N3O3S/c20-15-9-12(22-18-15)10-19-6-2-11(3-7-19)21-14-1-5-17-13-4-8-23-16(13)14/h1,4-5,8-9,11H,2-3,6-7,10H2,(H,18,20). The topological polar surface area (TPSA) is 71.6 Å². The number of likely N-dealkylation sites (tertiary alicyclic amines) is 1. The second kappa shape index (κ2) is 6.17. The van der Waals surface area contributed by atoms with Gasteiger partial charge in [-0.25, -0.2) is 0 Å². The van der Waals surface area contributed by atoms with Gasteiger partial charge in [-0.3, -0.25) is 9.88 Å². The van der Waals surface area contributed by atoms with Gasteiger partial charge in [-0.2, -0.15) is 0 Å². The fourth-order valence-corrected chi connectivity index (χ4v) is 3.71. The minimum Gasteiger partial charge on any atom is -0.491 e. The van der Waals surface area contributed by atoms with Crippen molar-refractivity contribution in [2.24, 2.45) is 0 Å². The normalized spacial score (nSPS) is 16.9. The first-order chi connectivity index (χ1) is 11.3. The molecule has 0 amide bonds. The Morgan fingerprint density at radius 1 is 1.35 bits per heavy atom. The number of piperidine rings is 1. The second-order valence-corrected chi connectivity index (χ2v) is 6.60. The molecular formula is C16H17N3O3S. The molecular weight excluding hydrogens is 314 g/mol. The molecule has 0 radical (unpaired) electrons. The van der Waals surface area contributed by atoms with E-state index in [1.54, 1.807) is 23.6 Å². The van der Waals surface area contributed by atoms with Crippen LogP contribution in [0.4, 0.5) is 0 Å². The summed E-state index contributed by atoms with van der Waals surface area (Å²) in [7, 11) is 0. The second-order valence-electron chi connectivity index (χ2n) is 5.69. The molecule has 1 saturated heterocycles. The number of rotatable bonds is 4. The van der Waals surface area contributed by atoms with Gasteiger partial charge in [0.05, 0.1) is 16.8 Å². The largest absolute Gasteiger partial charge is 0.491 e. The Hall–Kier alpha value is -2.12. The molecule has 0 atom stereocenters. The Bertz CT molecular complexity index is 793. The number of hydrogen-bond donors (Lipinski definition) is 1. The molecule has 0 bridgehead atoms. The van der Waals surface area contributed by atoms with Gasteiger partial charge in [-0.05, 0) is 35.5 Å². The van der Waals surface area contributed by atoms with Gasteiger partial charge in [-0.1, -0.05) is 0 Å². The zero-order chi connectivity index (χ0) is 15.6. The van der Waals surface area contributed by atoms with Gasteiger partial charge in [-0.15, -0.1) is 11.3 Å². The van der Waals surface area contributed by atoms with E-state index in [9.17, 15) is 5.11 Å². The lowest BCUT2D eigenvalue weighted by atomic mass is 10.1. The predicted octanol–water partition coefficient (Wildman–Crippen LogP) is 3.03. The number of aromatic nitrogens is 2. The molecule has 0 aliphatic carbocycles. The molecule has 3 aromatic rings. The van der Waals surface area contributed by atoms with E-state index in [2.05, 4.69) is 15.0 Å². The molecule has 0 unspecified atom stereocenters. The molecule has 0 saturated carbocycles. The van der Waals surface area contributed by atoms with Crippen LogP contribution in [0.5, 0.6) is 11.6 Å². The summed E-state index contributed by atoms with van der Waals surface area (Å²) < 4.78 is 12.4. The molecule has 7 heteroatoms. The summed E-state index contributed by atoms with van der Waals surface area (Å²) in [6, 6.07) is 5.53. The summed E-state index contributed by atoms with van der Waals surface area (Å²) in [6.45, 7) is 2.54. The van der Waals surface area contributed by atoms with Crippen LogP contribution in [0.15, 0.2) is 34.3 Å². The van der Waals surface area contributed by atoms with Crippen LogP contribution in [-0.4, -0.2) is 39.3 Å². The lowest BCUT2D eigenvalue weighted by molar-refractivity contribution is 0.0926. The molecule has 1 N–H and O–H groups in total. The zero-order valence-electron chi connectivity index (χ0n) is 12.5. The van der Waals surface area contributed by atoms with Gasteiger partial charge in [0.15, 0.2) is 5.76 Å². The summed E-state index contributed by atoms with van der Waals surface area (Å²) in [5.74, 6) is 1.57. The number of hydrogen-bond acceptors (Lipinski definition) is 7. The number of fused-ring (bicyclic) bond motifs is 1. The van der Waals surface area contributed by atoms with E-state index in [1.165, 1.54) is 0 Å². The van der Waals surface area contributed by atoms with E-state index < -0.39 is 0 Å². The van der Waals surface area contributed by atoms with Crippen molar-refractivity contribution in [3.8, 4) is 11.6 Å². The van der Waals surface area contributed by atoms with Crippen LogP contribution in [0.2, 0.25) is 0 Å². The SMILES string of the molecule is Oc1cc(CN2CCC(Oc3ccnc4ccsc34)CC2)on1. The average Bonchev–Trinajstić information content (AvgIpc) is 3.19. The van der Waals surface area contributed by atoms with E-state index in [4.69, 9.17) is 9.26 Å². The van der Waals surface area contributed by atoms with Crippen LogP contribution in [0.1, 0.15) is 18.6 Å². The van der Waals surface area contributed by atoms with Crippen molar-refractivity contribution in [2.75, 3.05) is 13.1 Å². The third-order valence-corrected chi connectivity index (χ3v) is 4.98. The number of nitrogens with zero attached hydrogens (tertiary/aromatic N) is 3. The summed E-state index contributed by atoms with van der Waals surface area (Å²) >= 11 is 1.67. The minimum atomic E-state index is -0.0594.